The van der Waals surface area contributed by atoms with Crippen LogP contribution in [0.1, 0.15) is 11.1 Å². The Hall–Kier alpha value is -3.11. The van der Waals surface area contributed by atoms with E-state index in [1.165, 1.54) is 34.8 Å². The first kappa shape index (κ1) is 18.7. The van der Waals surface area contributed by atoms with Gasteiger partial charge < -0.3 is 5.84 Å². The van der Waals surface area contributed by atoms with E-state index < -0.39 is 4.92 Å². The van der Waals surface area contributed by atoms with Crippen molar-refractivity contribution in [2.24, 2.45) is 5.10 Å². The van der Waals surface area contributed by atoms with Crippen LogP contribution in [-0.2, 0) is 5.75 Å². The Balaban J connectivity index is 1.58. The zero-order valence-corrected chi connectivity index (χ0v) is 15.4. The van der Waals surface area contributed by atoms with Crippen molar-refractivity contribution in [2.45, 2.75) is 10.9 Å². The van der Waals surface area contributed by atoms with E-state index in [0.717, 1.165) is 5.56 Å². The van der Waals surface area contributed by atoms with Crippen LogP contribution in [0.3, 0.4) is 0 Å². The minimum atomic E-state index is -0.459. The Morgan fingerprint density at radius 3 is 2.59 bits per heavy atom. The maximum atomic E-state index is 10.6. The fourth-order valence-corrected chi connectivity index (χ4v) is 2.97. The average molecular weight is 404 g/mol. The van der Waals surface area contributed by atoms with Crippen LogP contribution in [-0.4, -0.2) is 26.0 Å². The highest BCUT2D eigenvalue weighted by atomic mass is 35.5. The minimum Gasteiger partial charge on any atom is -0.334 e. The molecule has 0 aliphatic heterocycles. The molecule has 0 unspecified atom stereocenters. The lowest BCUT2D eigenvalue weighted by atomic mass is 10.2. The predicted octanol–water partition coefficient (Wildman–Crippen LogP) is 3.29. The largest absolute Gasteiger partial charge is 0.334 e. The van der Waals surface area contributed by atoms with E-state index in [9.17, 15) is 10.1 Å². The quantitative estimate of drug-likeness (QED) is 0.204. The van der Waals surface area contributed by atoms with E-state index in [1.807, 2.05) is 24.3 Å². The van der Waals surface area contributed by atoms with Crippen LogP contribution >= 0.6 is 23.4 Å². The molecular formula is C16H14ClN7O2S. The van der Waals surface area contributed by atoms with Gasteiger partial charge in [0.2, 0.25) is 5.16 Å². The van der Waals surface area contributed by atoms with Gasteiger partial charge in [0.15, 0.2) is 0 Å². The SMILES string of the molecule is Nn1c(N/N=C/c2ccc([N+](=O)[O-])cc2)nnc1SCc1ccc(Cl)cc1. The number of rotatable bonds is 7. The number of thioether (sulfide) groups is 1. The Morgan fingerprint density at radius 1 is 1.22 bits per heavy atom. The zero-order chi connectivity index (χ0) is 19.2. The van der Waals surface area contributed by atoms with Gasteiger partial charge in [-0.2, -0.15) is 5.10 Å². The first-order chi connectivity index (χ1) is 13.0. The van der Waals surface area contributed by atoms with Crippen molar-refractivity contribution in [1.82, 2.24) is 14.9 Å². The summed E-state index contributed by atoms with van der Waals surface area (Å²) in [5.74, 6) is 6.90. The van der Waals surface area contributed by atoms with Gasteiger partial charge in [0.1, 0.15) is 0 Å². The summed E-state index contributed by atoms with van der Waals surface area (Å²) >= 11 is 7.29. The molecular weight excluding hydrogens is 390 g/mol. The number of hydrazone groups is 1. The van der Waals surface area contributed by atoms with Gasteiger partial charge >= 0.3 is 0 Å². The first-order valence-electron chi connectivity index (χ1n) is 7.64. The molecule has 3 N–H and O–H groups in total. The van der Waals surface area contributed by atoms with Gasteiger partial charge in [-0.05, 0) is 35.4 Å². The van der Waals surface area contributed by atoms with Gasteiger partial charge in [-0.25, -0.2) is 10.1 Å². The van der Waals surface area contributed by atoms with Crippen molar-refractivity contribution in [3.63, 3.8) is 0 Å². The third-order valence-corrected chi connectivity index (χ3v) is 4.69. The van der Waals surface area contributed by atoms with Crippen molar-refractivity contribution in [3.05, 3.63) is 74.8 Å². The molecule has 0 aliphatic carbocycles. The number of nitro groups is 1. The molecule has 0 bridgehead atoms. The molecule has 3 aromatic rings. The summed E-state index contributed by atoms with van der Waals surface area (Å²) in [7, 11) is 0. The molecule has 0 aliphatic rings. The Kier molecular flexibility index (Phi) is 5.89. The summed E-state index contributed by atoms with van der Waals surface area (Å²) in [6, 6.07) is 13.5. The summed E-state index contributed by atoms with van der Waals surface area (Å²) in [6.45, 7) is 0. The van der Waals surface area contributed by atoms with Crippen LogP contribution in [0.2, 0.25) is 5.02 Å². The predicted molar refractivity (Wildman–Crippen MR) is 105 cm³/mol. The molecule has 9 nitrogen and oxygen atoms in total. The summed E-state index contributed by atoms with van der Waals surface area (Å²) in [5.41, 5.74) is 4.48. The van der Waals surface area contributed by atoms with Crippen molar-refractivity contribution >= 4 is 41.2 Å². The monoisotopic (exact) mass is 403 g/mol. The molecule has 0 amide bonds. The number of hydrogen-bond acceptors (Lipinski definition) is 8. The number of nitro benzene ring substituents is 1. The van der Waals surface area contributed by atoms with E-state index in [0.29, 0.717) is 21.5 Å². The molecule has 0 fully saturated rings. The third kappa shape index (κ3) is 4.96. The molecule has 3 rings (SSSR count). The van der Waals surface area contributed by atoms with Gasteiger partial charge in [-0.15, -0.1) is 10.2 Å². The molecule has 0 saturated carbocycles. The molecule has 138 valence electrons. The topological polar surface area (TPSA) is 124 Å². The number of nitrogens with two attached hydrogens (primary N) is 1. The average Bonchev–Trinajstić information content (AvgIpc) is 3.02. The van der Waals surface area contributed by atoms with E-state index in [1.54, 1.807) is 12.1 Å². The van der Waals surface area contributed by atoms with Crippen molar-refractivity contribution in [1.29, 1.82) is 0 Å². The van der Waals surface area contributed by atoms with Gasteiger partial charge in [-0.3, -0.25) is 10.1 Å². The number of halogens is 1. The number of anilines is 1. The smallest absolute Gasteiger partial charge is 0.269 e. The third-order valence-electron chi connectivity index (χ3n) is 3.43. The van der Waals surface area contributed by atoms with Crippen LogP contribution in [0.5, 0.6) is 0 Å². The molecule has 0 saturated heterocycles. The van der Waals surface area contributed by atoms with Gasteiger partial charge in [0.05, 0.1) is 11.1 Å². The fraction of sp³-hybridized carbons (Fsp3) is 0.0625. The maximum Gasteiger partial charge on any atom is 0.269 e. The van der Waals surface area contributed by atoms with Crippen LogP contribution < -0.4 is 11.3 Å². The van der Waals surface area contributed by atoms with E-state index in [-0.39, 0.29) is 11.6 Å². The van der Waals surface area contributed by atoms with E-state index in [2.05, 4.69) is 20.7 Å². The van der Waals surface area contributed by atoms with E-state index in [4.69, 9.17) is 17.4 Å². The Labute approximate surface area is 163 Å². The standard InChI is InChI=1S/C16H14ClN7O2S/c17-13-5-1-12(2-6-13)10-27-16-22-21-15(23(16)18)20-19-9-11-3-7-14(8-4-11)24(25)26/h1-9H,10,18H2,(H,20,21)/b19-9+. The number of benzene rings is 2. The zero-order valence-electron chi connectivity index (χ0n) is 13.8. The second-order valence-corrected chi connectivity index (χ2v) is 6.69. The van der Waals surface area contributed by atoms with Crippen LogP contribution in [0, 0.1) is 10.1 Å². The summed E-state index contributed by atoms with van der Waals surface area (Å²) < 4.78 is 1.30. The summed E-state index contributed by atoms with van der Waals surface area (Å²) in [6.07, 6.45) is 1.50. The van der Waals surface area contributed by atoms with E-state index >= 15 is 0 Å². The number of nitrogens with one attached hydrogen (secondary N) is 1. The lowest BCUT2D eigenvalue weighted by Crippen LogP contribution is -2.13. The molecule has 1 heterocycles. The molecule has 0 atom stereocenters. The second-order valence-electron chi connectivity index (χ2n) is 5.31. The Bertz CT molecular complexity index is 958. The summed E-state index contributed by atoms with van der Waals surface area (Å²) in [4.78, 5) is 10.2. The molecule has 0 radical (unpaired) electrons. The molecule has 0 spiro atoms. The van der Waals surface area contributed by atoms with Crippen molar-refractivity contribution in [3.8, 4) is 0 Å². The van der Waals surface area contributed by atoms with Crippen molar-refractivity contribution in [2.75, 3.05) is 11.3 Å². The lowest BCUT2D eigenvalue weighted by molar-refractivity contribution is -0.384. The van der Waals surface area contributed by atoms with Crippen LogP contribution in [0.25, 0.3) is 0 Å². The minimum absolute atomic E-state index is 0.0177. The molecule has 11 heteroatoms. The number of non-ortho nitro benzene ring substituents is 1. The highest BCUT2D eigenvalue weighted by molar-refractivity contribution is 7.98. The van der Waals surface area contributed by atoms with Crippen LogP contribution in [0.15, 0.2) is 58.8 Å². The maximum absolute atomic E-state index is 10.6. The molecule has 1 aromatic heterocycles. The van der Waals surface area contributed by atoms with Gasteiger partial charge in [0.25, 0.3) is 11.6 Å². The number of nitrogen functional groups attached to an aromatic ring is 1. The van der Waals surface area contributed by atoms with Gasteiger partial charge in [0, 0.05) is 22.9 Å². The van der Waals surface area contributed by atoms with Crippen LogP contribution in [0.4, 0.5) is 11.6 Å². The highest BCUT2D eigenvalue weighted by Crippen LogP contribution is 2.22. The first-order valence-corrected chi connectivity index (χ1v) is 9.00. The second kappa shape index (κ2) is 8.52. The van der Waals surface area contributed by atoms with Crippen molar-refractivity contribution < 1.29 is 4.92 Å². The highest BCUT2D eigenvalue weighted by Gasteiger charge is 2.09. The normalized spacial score (nSPS) is 11.0. The number of nitrogens with zero attached hydrogens (tertiary/aromatic N) is 5. The fourth-order valence-electron chi connectivity index (χ4n) is 2.03. The lowest BCUT2D eigenvalue weighted by Gasteiger charge is -2.03. The number of aromatic nitrogens is 3. The Morgan fingerprint density at radius 2 is 1.93 bits per heavy atom. The summed E-state index contributed by atoms with van der Waals surface area (Å²) in [5, 5.41) is 23.8. The number of hydrogen-bond donors (Lipinski definition) is 2. The van der Waals surface area contributed by atoms with Gasteiger partial charge in [-0.1, -0.05) is 35.5 Å². The molecule has 27 heavy (non-hydrogen) atoms. The molecule has 2 aromatic carbocycles.